The number of nitrogens with one attached hydrogen (secondary N) is 3. The molecule has 0 aliphatic carbocycles. The summed E-state index contributed by atoms with van der Waals surface area (Å²) in [6.45, 7) is 1.54. The highest BCUT2D eigenvalue weighted by atomic mass is 16.4. The Morgan fingerprint density at radius 3 is 2.94 bits per heavy atom. The van der Waals surface area contributed by atoms with Crippen LogP contribution in [0.15, 0.2) is 36.7 Å². The Balaban J connectivity index is 1.13. The van der Waals surface area contributed by atoms with Gasteiger partial charge in [0.2, 0.25) is 0 Å². The van der Waals surface area contributed by atoms with Crippen molar-refractivity contribution in [3.8, 4) is 0 Å². The molecule has 4 rings (SSSR count). The van der Waals surface area contributed by atoms with Crippen molar-refractivity contribution in [1.29, 1.82) is 0 Å². The van der Waals surface area contributed by atoms with Gasteiger partial charge in [0.15, 0.2) is 0 Å². The van der Waals surface area contributed by atoms with Gasteiger partial charge in [-0.05, 0) is 61.4 Å². The summed E-state index contributed by atoms with van der Waals surface area (Å²) in [5.74, 6) is 0.292. The molecule has 0 radical (unpaired) electrons. The summed E-state index contributed by atoms with van der Waals surface area (Å²) in [4.78, 5) is 23.8. The third-order valence-corrected chi connectivity index (χ3v) is 6.25. The van der Waals surface area contributed by atoms with Crippen LogP contribution in [0.1, 0.15) is 61.8 Å². The maximum absolute atomic E-state index is 11.7. The number of aromatic amines is 1. The van der Waals surface area contributed by atoms with Crippen LogP contribution >= 0.6 is 0 Å². The predicted molar refractivity (Wildman–Crippen MR) is 127 cm³/mol. The average Bonchev–Trinajstić information content (AvgIpc) is 3.23. The molecule has 170 valence electrons. The van der Waals surface area contributed by atoms with Crippen LogP contribution in [0.5, 0.6) is 0 Å². The van der Waals surface area contributed by atoms with Crippen LogP contribution in [0.4, 0.5) is 5.82 Å². The maximum Gasteiger partial charge on any atom is 0.320 e. The van der Waals surface area contributed by atoms with E-state index in [1.165, 1.54) is 17.7 Å². The van der Waals surface area contributed by atoms with Crippen molar-refractivity contribution in [3.05, 3.63) is 53.5 Å². The van der Waals surface area contributed by atoms with Gasteiger partial charge in [-0.25, -0.2) is 9.97 Å². The molecule has 4 N–H and O–H groups in total. The summed E-state index contributed by atoms with van der Waals surface area (Å²) in [5.41, 5.74) is 4.38. The van der Waals surface area contributed by atoms with Crippen molar-refractivity contribution < 1.29 is 9.90 Å². The zero-order valence-corrected chi connectivity index (χ0v) is 18.6. The Morgan fingerprint density at radius 2 is 2.03 bits per heavy atom. The van der Waals surface area contributed by atoms with E-state index in [0.29, 0.717) is 13.0 Å². The van der Waals surface area contributed by atoms with E-state index < -0.39 is 12.0 Å². The Bertz CT molecular complexity index is 1030. The van der Waals surface area contributed by atoms with Gasteiger partial charge in [-0.2, -0.15) is 0 Å². The van der Waals surface area contributed by atoms with Crippen molar-refractivity contribution >= 4 is 22.8 Å². The number of pyridine rings is 2. The Morgan fingerprint density at radius 1 is 1.16 bits per heavy atom. The molecule has 7 nitrogen and oxygen atoms in total. The summed E-state index contributed by atoms with van der Waals surface area (Å²) in [5, 5.41) is 17.2. The molecule has 1 aliphatic rings. The number of hydrogen-bond donors (Lipinski definition) is 4. The molecule has 0 amide bonds. The molecule has 0 unspecified atom stereocenters. The molecule has 0 saturated heterocycles. The van der Waals surface area contributed by atoms with Crippen LogP contribution in [0.3, 0.4) is 0 Å². The summed E-state index contributed by atoms with van der Waals surface area (Å²) >= 11 is 0. The lowest BCUT2D eigenvalue weighted by atomic mass is 10.0. The van der Waals surface area contributed by atoms with Gasteiger partial charge in [0.05, 0.1) is 0 Å². The quantitative estimate of drug-likeness (QED) is 0.314. The van der Waals surface area contributed by atoms with Crippen molar-refractivity contribution in [3.63, 3.8) is 0 Å². The minimum atomic E-state index is -0.782. The molecule has 1 aliphatic heterocycles. The number of fused-ring (bicyclic) bond motifs is 2. The van der Waals surface area contributed by atoms with Gasteiger partial charge in [0.1, 0.15) is 17.5 Å². The zero-order chi connectivity index (χ0) is 22.2. The molecule has 0 fully saturated rings. The Kier molecular flexibility index (Phi) is 7.72. The molecule has 0 bridgehead atoms. The summed E-state index contributed by atoms with van der Waals surface area (Å²) in [6, 6.07) is 7.76. The number of carboxylic acid groups (broad SMARTS) is 1. The van der Waals surface area contributed by atoms with Gasteiger partial charge in [0, 0.05) is 36.6 Å². The highest BCUT2D eigenvalue weighted by Gasteiger charge is 2.17. The van der Waals surface area contributed by atoms with E-state index in [-0.39, 0.29) is 0 Å². The topological polar surface area (TPSA) is 103 Å². The molecule has 0 saturated carbocycles. The van der Waals surface area contributed by atoms with Gasteiger partial charge in [-0.1, -0.05) is 31.7 Å². The zero-order valence-electron chi connectivity index (χ0n) is 18.6. The van der Waals surface area contributed by atoms with Crippen molar-refractivity contribution in [2.45, 2.75) is 70.4 Å². The van der Waals surface area contributed by atoms with Crippen LogP contribution in [-0.2, 0) is 24.2 Å². The number of unbranched alkanes of at least 4 members (excludes halogenated alkanes) is 4. The van der Waals surface area contributed by atoms with Crippen LogP contribution < -0.4 is 10.6 Å². The van der Waals surface area contributed by atoms with Crippen molar-refractivity contribution in [1.82, 2.24) is 20.3 Å². The van der Waals surface area contributed by atoms with Gasteiger partial charge >= 0.3 is 5.97 Å². The van der Waals surface area contributed by atoms with E-state index in [1.807, 2.05) is 18.3 Å². The number of H-pyrrole nitrogens is 1. The fourth-order valence-electron chi connectivity index (χ4n) is 4.40. The molecular weight excluding hydrogens is 402 g/mol. The minimum Gasteiger partial charge on any atom is -0.480 e. The first-order valence-corrected chi connectivity index (χ1v) is 11.8. The maximum atomic E-state index is 11.7. The molecule has 7 heteroatoms. The summed E-state index contributed by atoms with van der Waals surface area (Å²) in [6.07, 6.45) is 13.0. The first-order valence-electron chi connectivity index (χ1n) is 11.8. The van der Waals surface area contributed by atoms with E-state index in [1.54, 1.807) is 6.20 Å². The number of rotatable bonds is 12. The van der Waals surface area contributed by atoms with Crippen LogP contribution in [0.25, 0.3) is 11.0 Å². The largest absolute Gasteiger partial charge is 0.480 e. The van der Waals surface area contributed by atoms with Gasteiger partial charge in [-0.15, -0.1) is 0 Å². The number of nitrogens with zero attached hydrogens (tertiary/aromatic N) is 2. The Hall–Kier alpha value is -2.93. The molecule has 3 aromatic heterocycles. The predicted octanol–water partition coefficient (Wildman–Crippen LogP) is 4.44. The first kappa shape index (κ1) is 22.3. The third kappa shape index (κ3) is 5.85. The lowest BCUT2D eigenvalue weighted by molar-refractivity contribution is -0.139. The molecule has 4 heterocycles. The van der Waals surface area contributed by atoms with E-state index in [9.17, 15) is 9.90 Å². The van der Waals surface area contributed by atoms with Crippen molar-refractivity contribution in [2.75, 3.05) is 11.9 Å². The van der Waals surface area contributed by atoms with Crippen molar-refractivity contribution in [2.24, 2.45) is 0 Å². The molecular formula is C25H33N5O2. The van der Waals surface area contributed by atoms with Crippen LogP contribution in [-0.4, -0.2) is 38.6 Å². The van der Waals surface area contributed by atoms with Crippen LogP contribution in [0.2, 0.25) is 0 Å². The minimum absolute atomic E-state index is 0.519. The second kappa shape index (κ2) is 11.1. The smallest absolute Gasteiger partial charge is 0.320 e. The monoisotopic (exact) mass is 435 g/mol. The van der Waals surface area contributed by atoms with Gasteiger partial charge in [0.25, 0.3) is 0 Å². The van der Waals surface area contributed by atoms with E-state index >= 15 is 0 Å². The number of carbonyl (C=O) groups is 1. The fraction of sp³-hybridized carbons (Fsp3) is 0.480. The second-order valence-electron chi connectivity index (χ2n) is 8.63. The SMILES string of the molecule is O=C(O)[C@H](CCCCCCCc1ccc2c(n1)NCCC2)NCc1c[nH]c2ncccc12. The molecule has 3 aromatic rings. The van der Waals surface area contributed by atoms with E-state index in [0.717, 1.165) is 73.9 Å². The molecule has 1 atom stereocenters. The number of carboxylic acids is 1. The van der Waals surface area contributed by atoms with Crippen LogP contribution in [0, 0.1) is 0 Å². The lowest BCUT2D eigenvalue weighted by Gasteiger charge is -2.17. The first-order chi connectivity index (χ1) is 15.7. The second-order valence-corrected chi connectivity index (χ2v) is 8.63. The van der Waals surface area contributed by atoms with E-state index in [4.69, 9.17) is 4.98 Å². The molecule has 0 spiro atoms. The number of hydrogen-bond acceptors (Lipinski definition) is 5. The number of aromatic nitrogens is 3. The Labute approximate surface area is 189 Å². The van der Waals surface area contributed by atoms with Gasteiger partial charge in [-0.3, -0.25) is 4.79 Å². The number of aryl methyl sites for hydroxylation is 2. The highest BCUT2D eigenvalue weighted by molar-refractivity contribution is 5.79. The van der Waals surface area contributed by atoms with Gasteiger partial charge < -0.3 is 20.7 Å². The normalized spacial score (nSPS) is 14.1. The summed E-state index contributed by atoms with van der Waals surface area (Å²) in [7, 11) is 0. The molecule has 0 aromatic carbocycles. The average molecular weight is 436 g/mol. The third-order valence-electron chi connectivity index (χ3n) is 6.25. The summed E-state index contributed by atoms with van der Waals surface area (Å²) < 4.78 is 0. The number of anilines is 1. The lowest BCUT2D eigenvalue weighted by Crippen LogP contribution is -2.36. The highest BCUT2D eigenvalue weighted by Crippen LogP contribution is 2.21. The number of aliphatic carboxylic acids is 1. The van der Waals surface area contributed by atoms with E-state index in [2.05, 4.69) is 32.7 Å². The molecule has 32 heavy (non-hydrogen) atoms. The standard InChI is InChI=1S/C25H33N5O2/c31-25(32)22(28-16-19-17-29-24-21(19)10-7-15-27-24)11-5-3-1-2-4-9-20-13-12-18-8-6-14-26-23(18)30-20/h7,10,12-13,15,17,22,28H,1-6,8-9,11,14,16H2,(H,26,30)(H,27,29)(H,31,32)/t22-/m0/s1. The fourth-order valence-corrected chi connectivity index (χ4v) is 4.40.